The Morgan fingerprint density at radius 2 is 1.88 bits per heavy atom. The van der Waals surface area contributed by atoms with Gasteiger partial charge in [-0.3, -0.25) is 4.79 Å². The minimum absolute atomic E-state index is 0.0622. The zero-order chi connectivity index (χ0) is 24.9. The van der Waals surface area contributed by atoms with Crippen molar-refractivity contribution in [2.24, 2.45) is 0 Å². The van der Waals surface area contributed by atoms with Crippen LogP contribution in [0.2, 0.25) is 0 Å². The molecule has 0 aliphatic carbocycles. The standard InChI is InChI=1S/C24H25F3N2O5/c1-3-5-17-19(12-11-18-21(17)34-29-22(18)24(25,26)27)33-13-4-6-20(30)28-14(2)15-7-9-16(10-8-15)23(31)32/h7-12,14H,3-6,13H2,1-2H3,(H,28,30)(H,31,32). The van der Waals surface area contributed by atoms with Gasteiger partial charge in [0, 0.05) is 12.0 Å². The van der Waals surface area contributed by atoms with Crippen LogP contribution in [-0.4, -0.2) is 28.7 Å². The predicted octanol–water partition coefficient (Wildman–Crippen LogP) is 5.53. The molecule has 0 spiro atoms. The number of halogens is 3. The molecule has 7 nitrogen and oxygen atoms in total. The lowest BCUT2D eigenvalue weighted by Gasteiger charge is -2.15. The van der Waals surface area contributed by atoms with Crippen LogP contribution in [0.15, 0.2) is 40.9 Å². The first kappa shape index (κ1) is 25.1. The van der Waals surface area contributed by atoms with Gasteiger partial charge in [0.2, 0.25) is 5.91 Å². The molecule has 1 heterocycles. The van der Waals surface area contributed by atoms with Crippen molar-refractivity contribution >= 4 is 22.8 Å². The molecule has 10 heteroatoms. The van der Waals surface area contributed by atoms with E-state index in [2.05, 4.69) is 10.5 Å². The lowest BCUT2D eigenvalue weighted by molar-refractivity contribution is -0.141. The van der Waals surface area contributed by atoms with E-state index in [4.69, 9.17) is 14.4 Å². The summed E-state index contributed by atoms with van der Waals surface area (Å²) in [4.78, 5) is 23.2. The predicted molar refractivity (Wildman–Crippen MR) is 118 cm³/mol. The number of nitrogens with one attached hydrogen (secondary N) is 1. The largest absolute Gasteiger partial charge is 0.493 e. The number of aromatic carboxylic acids is 1. The third-order valence-corrected chi connectivity index (χ3v) is 5.31. The number of carboxylic acid groups (broad SMARTS) is 1. The molecule has 0 bridgehead atoms. The Hall–Kier alpha value is -3.56. The number of benzene rings is 2. The Kier molecular flexibility index (Phi) is 7.80. The van der Waals surface area contributed by atoms with E-state index in [1.165, 1.54) is 24.3 Å². The van der Waals surface area contributed by atoms with Crippen LogP contribution in [0.4, 0.5) is 13.2 Å². The highest BCUT2D eigenvalue weighted by molar-refractivity contribution is 5.87. The quantitative estimate of drug-likeness (QED) is 0.372. The molecule has 2 N–H and O–H groups in total. The van der Waals surface area contributed by atoms with E-state index < -0.39 is 17.8 Å². The summed E-state index contributed by atoms with van der Waals surface area (Å²) in [6.45, 7) is 3.88. The maximum absolute atomic E-state index is 13.1. The monoisotopic (exact) mass is 478 g/mol. The second-order valence-electron chi connectivity index (χ2n) is 7.87. The zero-order valence-electron chi connectivity index (χ0n) is 18.7. The number of alkyl halides is 3. The van der Waals surface area contributed by atoms with Crippen molar-refractivity contribution < 1.29 is 37.1 Å². The molecule has 1 unspecified atom stereocenters. The maximum atomic E-state index is 13.1. The number of hydrogen-bond acceptors (Lipinski definition) is 5. The van der Waals surface area contributed by atoms with Gasteiger partial charge in [-0.2, -0.15) is 13.2 Å². The smallest absolute Gasteiger partial charge is 0.437 e. The first-order valence-corrected chi connectivity index (χ1v) is 10.9. The number of hydrogen-bond donors (Lipinski definition) is 2. The van der Waals surface area contributed by atoms with E-state index in [9.17, 15) is 22.8 Å². The lowest BCUT2D eigenvalue weighted by Crippen LogP contribution is -2.26. The molecule has 0 aliphatic heterocycles. The molecule has 1 amide bonds. The van der Waals surface area contributed by atoms with Gasteiger partial charge in [0.25, 0.3) is 0 Å². The molecule has 3 aromatic rings. The number of rotatable bonds is 10. The van der Waals surface area contributed by atoms with Crippen LogP contribution in [-0.2, 0) is 17.4 Å². The number of nitrogens with zero attached hydrogens (tertiary/aromatic N) is 1. The van der Waals surface area contributed by atoms with Gasteiger partial charge in [-0.25, -0.2) is 4.79 Å². The SMILES string of the molecule is CCCc1c(OCCCC(=O)NC(C)c2ccc(C(=O)O)cc2)ccc2c(C(F)(F)F)noc12. The van der Waals surface area contributed by atoms with Crippen molar-refractivity contribution in [3.05, 3.63) is 58.8 Å². The fourth-order valence-corrected chi connectivity index (χ4v) is 3.59. The van der Waals surface area contributed by atoms with E-state index in [-0.39, 0.29) is 41.5 Å². The average molecular weight is 478 g/mol. The van der Waals surface area contributed by atoms with E-state index >= 15 is 0 Å². The molecule has 1 atom stereocenters. The summed E-state index contributed by atoms with van der Waals surface area (Å²) in [6.07, 6.45) is -2.91. The molecule has 0 saturated heterocycles. The van der Waals surface area contributed by atoms with Crippen molar-refractivity contribution in [2.75, 3.05) is 6.61 Å². The minimum atomic E-state index is -4.61. The highest BCUT2D eigenvalue weighted by atomic mass is 19.4. The van der Waals surface area contributed by atoms with Gasteiger partial charge in [0.1, 0.15) is 5.75 Å². The molecule has 34 heavy (non-hydrogen) atoms. The minimum Gasteiger partial charge on any atom is -0.493 e. The summed E-state index contributed by atoms with van der Waals surface area (Å²) in [5.74, 6) is -0.812. The first-order valence-electron chi connectivity index (χ1n) is 10.9. The molecule has 2 aromatic carbocycles. The molecule has 0 saturated carbocycles. The summed E-state index contributed by atoms with van der Waals surface area (Å²) in [6, 6.07) is 8.71. The summed E-state index contributed by atoms with van der Waals surface area (Å²) in [5, 5.41) is 14.9. The molecule has 182 valence electrons. The number of carbonyl (C=O) groups excluding carboxylic acids is 1. The van der Waals surface area contributed by atoms with Crippen molar-refractivity contribution in [1.82, 2.24) is 10.5 Å². The molecule has 0 fully saturated rings. The Balaban J connectivity index is 1.56. The molecular formula is C24H25F3N2O5. The number of ether oxygens (including phenoxy) is 1. The number of amides is 1. The normalized spacial score (nSPS) is 12.5. The molecule has 1 aromatic heterocycles. The second kappa shape index (κ2) is 10.6. The molecule has 0 radical (unpaired) electrons. The number of carboxylic acids is 1. The van der Waals surface area contributed by atoms with Crippen LogP contribution in [0, 0.1) is 0 Å². The van der Waals surface area contributed by atoms with Crippen molar-refractivity contribution in [2.45, 2.75) is 51.7 Å². The maximum Gasteiger partial charge on any atom is 0.437 e. The summed E-state index contributed by atoms with van der Waals surface area (Å²) < 4.78 is 50.1. The zero-order valence-corrected chi connectivity index (χ0v) is 18.7. The summed E-state index contributed by atoms with van der Waals surface area (Å²) >= 11 is 0. The Morgan fingerprint density at radius 3 is 2.50 bits per heavy atom. The Labute approximate surface area is 193 Å². The number of aryl methyl sites for hydroxylation is 1. The van der Waals surface area contributed by atoms with Gasteiger partial charge in [0.15, 0.2) is 11.3 Å². The third-order valence-electron chi connectivity index (χ3n) is 5.31. The number of aromatic nitrogens is 1. The highest BCUT2D eigenvalue weighted by Gasteiger charge is 2.37. The number of carbonyl (C=O) groups is 2. The van der Waals surface area contributed by atoms with Crippen LogP contribution in [0.5, 0.6) is 5.75 Å². The van der Waals surface area contributed by atoms with E-state index in [0.29, 0.717) is 30.6 Å². The number of fused-ring (bicyclic) bond motifs is 1. The topological polar surface area (TPSA) is 102 Å². The van der Waals surface area contributed by atoms with Gasteiger partial charge in [-0.1, -0.05) is 30.6 Å². The van der Waals surface area contributed by atoms with Crippen molar-refractivity contribution in [3.8, 4) is 5.75 Å². The first-order chi connectivity index (χ1) is 16.1. The van der Waals surface area contributed by atoms with Crippen molar-refractivity contribution in [1.29, 1.82) is 0 Å². The average Bonchev–Trinajstić information content (AvgIpc) is 3.23. The highest BCUT2D eigenvalue weighted by Crippen LogP contribution is 2.38. The summed E-state index contributed by atoms with van der Waals surface area (Å²) in [5.41, 5.74) is 0.463. The lowest BCUT2D eigenvalue weighted by atomic mass is 10.0. The van der Waals surface area contributed by atoms with Gasteiger partial charge in [-0.15, -0.1) is 0 Å². The van der Waals surface area contributed by atoms with E-state index in [1.54, 1.807) is 19.1 Å². The van der Waals surface area contributed by atoms with Crippen LogP contribution in [0.1, 0.15) is 66.3 Å². The van der Waals surface area contributed by atoms with Gasteiger partial charge in [0.05, 0.1) is 23.6 Å². The summed E-state index contributed by atoms with van der Waals surface area (Å²) in [7, 11) is 0. The van der Waals surface area contributed by atoms with E-state index in [0.717, 1.165) is 5.56 Å². The van der Waals surface area contributed by atoms with Crippen LogP contribution < -0.4 is 10.1 Å². The fourth-order valence-electron chi connectivity index (χ4n) is 3.59. The van der Waals surface area contributed by atoms with Gasteiger partial charge < -0.3 is 19.7 Å². The Bertz CT molecular complexity index is 1160. The van der Waals surface area contributed by atoms with Gasteiger partial charge in [-0.05, 0) is 49.6 Å². The third kappa shape index (κ3) is 5.86. The Morgan fingerprint density at radius 1 is 1.18 bits per heavy atom. The van der Waals surface area contributed by atoms with Crippen LogP contribution in [0.25, 0.3) is 11.0 Å². The van der Waals surface area contributed by atoms with E-state index in [1.807, 2.05) is 6.92 Å². The molecule has 3 rings (SSSR count). The van der Waals surface area contributed by atoms with Crippen molar-refractivity contribution in [3.63, 3.8) is 0 Å². The fraction of sp³-hybridized carbons (Fsp3) is 0.375. The van der Waals surface area contributed by atoms with Crippen LogP contribution in [0.3, 0.4) is 0 Å². The second-order valence-corrected chi connectivity index (χ2v) is 7.87. The molecule has 0 aliphatic rings. The molecular weight excluding hydrogens is 453 g/mol. The van der Waals surface area contributed by atoms with Crippen LogP contribution >= 0.6 is 0 Å². The van der Waals surface area contributed by atoms with Gasteiger partial charge >= 0.3 is 12.1 Å².